The fourth-order valence-electron chi connectivity index (χ4n) is 0.529. The van der Waals surface area contributed by atoms with Crippen LogP contribution in [0.25, 0.3) is 0 Å². The van der Waals surface area contributed by atoms with Gasteiger partial charge in [0.25, 0.3) is 0 Å². The molecule has 1 aromatic heterocycles. The Hall–Kier alpha value is -0.355. The fourth-order valence-corrected chi connectivity index (χ4v) is 0.943. The Labute approximate surface area is 73.0 Å². The highest BCUT2D eigenvalue weighted by molar-refractivity contribution is 6.61. The summed E-state index contributed by atoms with van der Waals surface area (Å²) in [5.41, 5.74) is -0.101. The van der Waals surface area contributed by atoms with Crippen molar-refractivity contribution in [3.8, 4) is 0 Å². The van der Waals surface area contributed by atoms with Crippen LogP contribution in [-0.4, -0.2) is 27.1 Å². The molecule has 0 amide bonds. The van der Waals surface area contributed by atoms with E-state index in [2.05, 4.69) is 9.97 Å². The van der Waals surface area contributed by atoms with E-state index in [0.717, 1.165) is 0 Å². The molecule has 4 nitrogen and oxygen atoms in total. The van der Waals surface area contributed by atoms with Crippen molar-refractivity contribution in [3.05, 3.63) is 16.5 Å². The van der Waals surface area contributed by atoms with E-state index in [1.807, 2.05) is 0 Å². The van der Waals surface area contributed by atoms with E-state index in [-0.39, 0.29) is 15.9 Å². The minimum Gasteiger partial charge on any atom is -0.422 e. The standard InChI is InChI=1S/C4H3BCl2N2O2/c6-2-1-8-3(5(10)11)4(7)9-2/h1,10-11H. The third-order valence-corrected chi connectivity index (χ3v) is 1.43. The van der Waals surface area contributed by atoms with Gasteiger partial charge in [0.2, 0.25) is 0 Å². The lowest BCUT2D eigenvalue weighted by Crippen LogP contribution is -2.34. The van der Waals surface area contributed by atoms with Gasteiger partial charge in [-0.25, -0.2) is 4.98 Å². The highest BCUT2D eigenvalue weighted by atomic mass is 35.5. The van der Waals surface area contributed by atoms with Crippen LogP contribution in [0, 0.1) is 0 Å². The molecule has 0 aliphatic carbocycles. The Kier molecular flexibility index (Phi) is 2.67. The molecule has 0 saturated carbocycles. The van der Waals surface area contributed by atoms with Crippen LogP contribution in [0.1, 0.15) is 0 Å². The quantitative estimate of drug-likeness (QED) is 0.587. The molecule has 0 aliphatic heterocycles. The van der Waals surface area contributed by atoms with Gasteiger partial charge in [0, 0.05) is 0 Å². The van der Waals surface area contributed by atoms with E-state index >= 15 is 0 Å². The molecule has 0 fully saturated rings. The highest BCUT2D eigenvalue weighted by Crippen LogP contribution is 2.05. The molecule has 58 valence electrons. The average molecular weight is 193 g/mol. The molecule has 2 N–H and O–H groups in total. The lowest BCUT2D eigenvalue weighted by Gasteiger charge is -1.99. The molecule has 7 heteroatoms. The number of halogens is 2. The van der Waals surface area contributed by atoms with Crippen LogP contribution in [0.5, 0.6) is 0 Å². The van der Waals surface area contributed by atoms with Crippen molar-refractivity contribution < 1.29 is 10.0 Å². The lowest BCUT2D eigenvalue weighted by molar-refractivity contribution is 0.424. The fraction of sp³-hybridized carbons (Fsp3) is 0. The predicted octanol–water partition coefficient (Wildman–Crippen LogP) is -0.537. The summed E-state index contributed by atoms with van der Waals surface area (Å²) in [6.45, 7) is 0. The smallest absolute Gasteiger partial charge is 0.422 e. The van der Waals surface area contributed by atoms with Gasteiger partial charge in [-0.2, -0.15) is 0 Å². The van der Waals surface area contributed by atoms with Crippen molar-refractivity contribution >= 4 is 35.9 Å². The Morgan fingerprint density at radius 1 is 1.36 bits per heavy atom. The first-order valence-corrected chi connectivity index (χ1v) is 3.41. The van der Waals surface area contributed by atoms with Crippen LogP contribution in [-0.2, 0) is 0 Å². The van der Waals surface area contributed by atoms with Crippen molar-refractivity contribution in [3.63, 3.8) is 0 Å². The third-order valence-electron chi connectivity index (χ3n) is 0.971. The van der Waals surface area contributed by atoms with Gasteiger partial charge in [-0.1, -0.05) is 23.2 Å². The van der Waals surface area contributed by atoms with Gasteiger partial charge in [0.15, 0.2) is 0 Å². The first kappa shape index (κ1) is 8.74. The van der Waals surface area contributed by atoms with Gasteiger partial charge in [-0.15, -0.1) is 0 Å². The number of hydrogen-bond acceptors (Lipinski definition) is 4. The Balaban J connectivity index is 3.09. The van der Waals surface area contributed by atoms with Crippen LogP contribution >= 0.6 is 23.2 Å². The number of aromatic nitrogens is 2. The largest absolute Gasteiger partial charge is 0.511 e. The monoisotopic (exact) mass is 192 g/mol. The van der Waals surface area contributed by atoms with Gasteiger partial charge in [-0.05, 0) is 0 Å². The second-order valence-corrected chi connectivity index (χ2v) is 2.49. The normalized spacial score (nSPS) is 9.82. The number of rotatable bonds is 1. The second-order valence-electron chi connectivity index (χ2n) is 1.74. The van der Waals surface area contributed by atoms with E-state index in [1.54, 1.807) is 0 Å². The molecule has 1 rings (SSSR count). The Morgan fingerprint density at radius 3 is 2.45 bits per heavy atom. The summed E-state index contributed by atoms with van der Waals surface area (Å²) in [7, 11) is -1.72. The van der Waals surface area contributed by atoms with Gasteiger partial charge < -0.3 is 10.0 Å². The first-order valence-electron chi connectivity index (χ1n) is 2.65. The van der Waals surface area contributed by atoms with E-state index in [9.17, 15) is 0 Å². The Bertz CT molecular complexity index is 270. The zero-order chi connectivity index (χ0) is 8.43. The van der Waals surface area contributed by atoms with Crippen molar-refractivity contribution in [2.45, 2.75) is 0 Å². The van der Waals surface area contributed by atoms with Crippen LogP contribution < -0.4 is 5.59 Å². The molecule has 11 heavy (non-hydrogen) atoms. The predicted molar refractivity (Wildman–Crippen MR) is 41.9 cm³/mol. The maximum absolute atomic E-state index is 8.62. The summed E-state index contributed by atoms with van der Waals surface area (Å²) in [6.07, 6.45) is 1.18. The van der Waals surface area contributed by atoms with Gasteiger partial charge in [0.1, 0.15) is 15.9 Å². The minimum atomic E-state index is -1.72. The minimum absolute atomic E-state index is 0.101. The maximum atomic E-state index is 8.62. The SMILES string of the molecule is OB(O)c1ncc(Cl)nc1Cl. The molecule has 0 spiro atoms. The van der Waals surface area contributed by atoms with E-state index in [4.69, 9.17) is 33.2 Å². The molecule has 0 bridgehead atoms. The molecule has 0 aromatic carbocycles. The molecule has 1 heterocycles. The van der Waals surface area contributed by atoms with E-state index < -0.39 is 7.12 Å². The number of nitrogens with zero attached hydrogens (tertiary/aromatic N) is 2. The molecule has 0 atom stereocenters. The summed E-state index contributed by atoms with van der Waals surface area (Å²) in [5.74, 6) is 0. The van der Waals surface area contributed by atoms with Crippen molar-refractivity contribution in [2.24, 2.45) is 0 Å². The molecular formula is C4H3BCl2N2O2. The zero-order valence-electron chi connectivity index (χ0n) is 5.20. The average Bonchev–Trinajstić information content (AvgIpc) is 1.85. The lowest BCUT2D eigenvalue weighted by atomic mass is 9.87. The molecule has 0 radical (unpaired) electrons. The van der Waals surface area contributed by atoms with Gasteiger partial charge in [-0.3, -0.25) is 4.98 Å². The summed E-state index contributed by atoms with van der Waals surface area (Å²) in [4.78, 5) is 7.09. The summed E-state index contributed by atoms with van der Waals surface area (Å²) in [6, 6.07) is 0. The topological polar surface area (TPSA) is 66.2 Å². The summed E-state index contributed by atoms with van der Waals surface area (Å²) in [5, 5.41) is 17.2. The number of hydrogen-bond donors (Lipinski definition) is 2. The first-order chi connectivity index (χ1) is 5.11. The van der Waals surface area contributed by atoms with Crippen LogP contribution in [0.3, 0.4) is 0 Å². The van der Waals surface area contributed by atoms with Gasteiger partial charge >= 0.3 is 7.12 Å². The van der Waals surface area contributed by atoms with E-state index in [1.165, 1.54) is 6.20 Å². The van der Waals surface area contributed by atoms with Crippen molar-refractivity contribution in [1.29, 1.82) is 0 Å². The maximum Gasteiger partial charge on any atom is 0.511 e. The van der Waals surface area contributed by atoms with Gasteiger partial charge in [0.05, 0.1) is 6.20 Å². The van der Waals surface area contributed by atoms with Crippen LogP contribution in [0.4, 0.5) is 0 Å². The van der Waals surface area contributed by atoms with Crippen LogP contribution in [0.2, 0.25) is 10.3 Å². The van der Waals surface area contributed by atoms with Crippen molar-refractivity contribution in [1.82, 2.24) is 9.97 Å². The van der Waals surface area contributed by atoms with E-state index in [0.29, 0.717) is 0 Å². The molecule has 0 aliphatic rings. The molecule has 0 unspecified atom stereocenters. The van der Waals surface area contributed by atoms with Crippen molar-refractivity contribution in [2.75, 3.05) is 0 Å². The summed E-state index contributed by atoms with van der Waals surface area (Å²) < 4.78 is 0. The molecular weight excluding hydrogens is 190 g/mol. The molecule has 1 aromatic rings. The van der Waals surface area contributed by atoms with Crippen LogP contribution in [0.15, 0.2) is 6.20 Å². The second kappa shape index (κ2) is 3.36. The zero-order valence-corrected chi connectivity index (χ0v) is 6.71. The Morgan fingerprint density at radius 2 is 2.00 bits per heavy atom. The molecule has 0 saturated heterocycles. The summed E-state index contributed by atoms with van der Waals surface area (Å²) >= 11 is 10.8. The highest BCUT2D eigenvalue weighted by Gasteiger charge is 2.17. The third kappa shape index (κ3) is 2.03.